The topological polar surface area (TPSA) is 110 Å². The van der Waals surface area contributed by atoms with Crippen LogP contribution in [0.1, 0.15) is 18.9 Å². The molecule has 3 rings (SSSR count). The molecule has 1 heterocycles. The molecule has 32 heavy (non-hydrogen) atoms. The molecule has 0 aliphatic rings. The summed E-state index contributed by atoms with van der Waals surface area (Å²) in [6.07, 6.45) is 1.76. The first-order chi connectivity index (χ1) is 15.1. The molecule has 11 heteroatoms. The molecule has 0 fully saturated rings. The number of rotatable bonds is 8. The minimum atomic E-state index is -3.90. The van der Waals surface area contributed by atoms with Crippen LogP contribution in [-0.2, 0) is 10.0 Å². The number of halogens is 2. The maximum Gasteiger partial charge on any atom is 0.238 e. The lowest BCUT2D eigenvalue weighted by molar-refractivity contribution is 0.415. The van der Waals surface area contributed by atoms with Crippen LogP contribution in [0.3, 0.4) is 0 Å². The molecule has 170 valence electrons. The molecule has 0 bridgehead atoms. The zero-order valence-electron chi connectivity index (χ0n) is 17.8. The van der Waals surface area contributed by atoms with Crippen molar-refractivity contribution in [1.29, 1.82) is 0 Å². The number of hydrogen-bond acceptors (Lipinski definition) is 7. The number of primary sulfonamides is 1. The van der Waals surface area contributed by atoms with E-state index in [1.165, 1.54) is 13.2 Å². The first-order valence-electron chi connectivity index (χ1n) is 9.68. The van der Waals surface area contributed by atoms with Gasteiger partial charge in [0, 0.05) is 17.9 Å². The Bertz CT molecular complexity index is 1240. The van der Waals surface area contributed by atoms with Gasteiger partial charge in [0.05, 0.1) is 23.2 Å². The number of hydrogen-bond donors (Lipinski definition) is 2. The maximum atomic E-state index is 14.7. The average molecular weight is 480 g/mol. The van der Waals surface area contributed by atoms with Gasteiger partial charge in [-0.25, -0.2) is 22.9 Å². The fourth-order valence-electron chi connectivity index (χ4n) is 3.13. The normalized spacial score (nSPS) is 11.3. The third-order valence-corrected chi connectivity index (χ3v) is 5.97. The highest BCUT2D eigenvalue weighted by Gasteiger charge is 2.19. The summed E-state index contributed by atoms with van der Waals surface area (Å²) in [5, 5.41) is 8.56. The van der Waals surface area contributed by atoms with E-state index in [1.807, 2.05) is 6.92 Å². The third-order valence-electron chi connectivity index (χ3n) is 4.63. The van der Waals surface area contributed by atoms with Crippen molar-refractivity contribution in [2.75, 3.05) is 23.9 Å². The molecule has 0 saturated heterocycles. The first-order valence-corrected chi connectivity index (χ1v) is 11.6. The fraction of sp³-hybridized carbons (Fsp3) is 0.238. The van der Waals surface area contributed by atoms with Crippen molar-refractivity contribution < 1.29 is 17.5 Å². The Morgan fingerprint density at radius 1 is 1.25 bits per heavy atom. The molecule has 0 radical (unpaired) electrons. The lowest BCUT2D eigenvalue weighted by Crippen LogP contribution is -2.21. The van der Waals surface area contributed by atoms with E-state index in [0.717, 1.165) is 6.20 Å². The molecule has 2 aromatic carbocycles. The number of ether oxygens (including phenoxy) is 1. The quantitative estimate of drug-likeness (QED) is 0.488. The Balaban J connectivity index is 1.99. The Morgan fingerprint density at radius 2 is 2.00 bits per heavy atom. The molecule has 1 aromatic heterocycles. The predicted octanol–water partition coefficient (Wildman–Crippen LogP) is 4.53. The summed E-state index contributed by atoms with van der Waals surface area (Å²) >= 11 is 6.25. The van der Waals surface area contributed by atoms with Crippen LogP contribution in [-0.4, -0.2) is 32.0 Å². The largest absolute Gasteiger partial charge is 0.495 e. The fourth-order valence-corrected chi connectivity index (χ4v) is 4.19. The van der Waals surface area contributed by atoms with Gasteiger partial charge in [-0.05, 0) is 49.2 Å². The summed E-state index contributed by atoms with van der Waals surface area (Å²) in [6, 6.07) is 9.76. The summed E-state index contributed by atoms with van der Waals surface area (Å²) in [6.45, 7) is 4.06. The summed E-state index contributed by atoms with van der Waals surface area (Å²) in [7, 11) is -2.39. The number of sulfonamides is 1. The van der Waals surface area contributed by atoms with Crippen molar-refractivity contribution in [3.63, 3.8) is 0 Å². The molecule has 0 aliphatic carbocycles. The van der Waals surface area contributed by atoms with Crippen molar-refractivity contribution in [2.24, 2.45) is 5.14 Å². The molecule has 0 aliphatic heterocycles. The van der Waals surface area contributed by atoms with Gasteiger partial charge in [-0.15, -0.1) is 0 Å². The van der Waals surface area contributed by atoms with Crippen molar-refractivity contribution >= 4 is 44.8 Å². The maximum absolute atomic E-state index is 14.7. The SMILES string of the molecule is CCCN(c1ccc(OC)c(Cl)c1)c1nc(Nc2ccc(C)c(S(N)(=O)=O)c2)ncc1F. The van der Waals surface area contributed by atoms with Crippen molar-refractivity contribution in [3.8, 4) is 5.75 Å². The molecule has 3 aromatic rings. The number of aromatic nitrogens is 2. The number of anilines is 4. The zero-order valence-corrected chi connectivity index (χ0v) is 19.3. The van der Waals surface area contributed by atoms with Crippen LogP contribution >= 0.6 is 11.6 Å². The van der Waals surface area contributed by atoms with E-state index in [0.29, 0.717) is 40.7 Å². The van der Waals surface area contributed by atoms with E-state index < -0.39 is 15.8 Å². The highest BCUT2D eigenvalue weighted by atomic mass is 35.5. The van der Waals surface area contributed by atoms with Gasteiger partial charge in [-0.1, -0.05) is 24.6 Å². The van der Waals surface area contributed by atoms with Crippen LogP contribution in [0.2, 0.25) is 5.02 Å². The van der Waals surface area contributed by atoms with E-state index in [9.17, 15) is 12.8 Å². The van der Waals surface area contributed by atoms with Gasteiger partial charge in [-0.3, -0.25) is 0 Å². The lowest BCUT2D eigenvalue weighted by Gasteiger charge is -2.24. The van der Waals surface area contributed by atoms with Crippen molar-refractivity contribution in [2.45, 2.75) is 25.2 Å². The minimum Gasteiger partial charge on any atom is -0.495 e. The van der Waals surface area contributed by atoms with Gasteiger partial charge in [0.15, 0.2) is 11.6 Å². The highest BCUT2D eigenvalue weighted by Crippen LogP contribution is 2.33. The number of nitrogens with one attached hydrogen (secondary N) is 1. The zero-order chi connectivity index (χ0) is 23.5. The summed E-state index contributed by atoms with van der Waals surface area (Å²) in [5.41, 5.74) is 1.53. The molecular formula is C21H23ClFN5O3S. The van der Waals surface area contributed by atoms with Crippen molar-refractivity contribution in [1.82, 2.24) is 9.97 Å². The summed E-state index contributed by atoms with van der Waals surface area (Å²) in [5.74, 6) is 0.0168. The van der Waals surface area contributed by atoms with E-state index in [4.69, 9.17) is 21.5 Å². The molecule has 0 amide bonds. The minimum absolute atomic E-state index is 0.0229. The van der Waals surface area contributed by atoms with Crippen LogP contribution in [0, 0.1) is 12.7 Å². The van der Waals surface area contributed by atoms with Gasteiger partial charge in [-0.2, -0.15) is 4.98 Å². The Labute approximate surface area is 191 Å². The summed E-state index contributed by atoms with van der Waals surface area (Å²) < 4.78 is 43.5. The lowest BCUT2D eigenvalue weighted by atomic mass is 10.2. The number of nitrogens with two attached hydrogens (primary N) is 1. The molecule has 0 spiro atoms. The monoisotopic (exact) mass is 479 g/mol. The second-order valence-corrected chi connectivity index (χ2v) is 8.92. The molecule has 0 atom stereocenters. The number of methoxy groups -OCH3 is 1. The number of aryl methyl sites for hydroxylation is 1. The molecule has 3 N–H and O–H groups in total. The number of benzene rings is 2. The van der Waals surface area contributed by atoms with E-state index in [1.54, 1.807) is 42.2 Å². The molecule has 8 nitrogen and oxygen atoms in total. The van der Waals surface area contributed by atoms with Gasteiger partial charge in [0.25, 0.3) is 0 Å². The second kappa shape index (κ2) is 9.68. The average Bonchev–Trinajstić information content (AvgIpc) is 2.74. The van der Waals surface area contributed by atoms with Gasteiger partial charge >= 0.3 is 0 Å². The summed E-state index contributed by atoms with van der Waals surface area (Å²) in [4.78, 5) is 9.96. The molecular weight excluding hydrogens is 457 g/mol. The van der Waals surface area contributed by atoms with E-state index >= 15 is 0 Å². The Kier molecular flexibility index (Phi) is 7.17. The van der Waals surface area contributed by atoms with Crippen LogP contribution in [0.5, 0.6) is 5.75 Å². The first kappa shape index (κ1) is 23.7. The molecule has 0 saturated carbocycles. The highest BCUT2D eigenvalue weighted by molar-refractivity contribution is 7.89. The molecule has 0 unspecified atom stereocenters. The second-order valence-electron chi connectivity index (χ2n) is 6.99. The van der Waals surface area contributed by atoms with Crippen LogP contribution < -0.4 is 20.1 Å². The van der Waals surface area contributed by atoms with E-state index in [2.05, 4.69) is 15.3 Å². The standard InChI is InChI=1S/C21H23ClFN5O3S/c1-4-9-28(15-7-8-18(31-3)16(22)11-15)20-17(23)12-25-21(27-20)26-14-6-5-13(2)19(10-14)32(24,29)30/h5-8,10-12H,4,9H2,1-3H3,(H2,24,29,30)(H,25,26,27). The third kappa shape index (κ3) is 5.26. The van der Waals surface area contributed by atoms with Gasteiger partial charge in [0.1, 0.15) is 5.75 Å². The Hall–Kier alpha value is -2.95. The van der Waals surface area contributed by atoms with E-state index in [-0.39, 0.29) is 16.7 Å². The smallest absolute Gasteiger partial charge is 0.238 e. The van der Waals surface area contributed by atoms with Gasteiger partial charge in [0.2, 0.25) is 16.0 Å². The van der Waals surface area contributed by atoms with Gasteiger partial charge < -0.3 is 15.0 Å². The van der Waals surface area contributed by atoms with Crippen LogP contribution in [0.4, 0.5) is 27.5 Å². The van der Waals surface area contributed by atoms with Crippen molar-refractivity contribution in [3.05, 3.63) is 59.0 Å². The predicted molar refractivity (Wildman–Crippen MR) is 123 cm³/mol. The van der Waals surface area contributed by atoms with Crippen LogP contribution in [0.15, 0.2) is 47.5 Å². The number of nitrogens with zero attached hydrogens (tertiary/aromatic N) is 3. The van der Waals surface area contributed by atoms with Crippen LogP contribution in [0.25, 0.3) is 0 Å². The Morgan fingerprint density at radius 3 is 2.62 bits per heavy atom.